The Morgan fingerprint density at radius 3 is 2.07 bits per heavy atom. The maximum absolute atomic E-state index is 12.5. The Morgan fingerprint density at radius 2 is 1.41 bits per heavy atom. The monoisotopic (exact) mass is 550 g/mol. The first kappa shape index (κ1) is 27.3. The topological polar surface area (TPSA) is 133 Å². The second-order valence-electron chi connectivity index (χ2n) is 9.10. The number of anilines is 5. The number of ether oxygens (including phenoxy) is 1. The van der Waals surface area contributed by atoms with Gasteiger partial charge in [-0.15, -0.1) is 0 Å². The molecule has 1 fully saturated rings. The third-order valence-electron chi connectivity index (χ3n) is 6.19. The number of nitrogens with one attached hydrogen (secondary N) is 4. The fourth-order valence-electron chi connectivity index (χ4n) is 4.06. The Kier molecular flexibility index (Phi) is 8.77. The molecule has 2 heterocycles. The first-order chi connectivity index (χ1) is 20.1. The van der Waals surface area contributed by atoms with E-state index >= 15 is 0 Å². The van der Waals surface area contributed by atoms with Gasteiger partial charge in [0.15, 0.2) is 5.82 Å². The van der Waals surface area contributed by atoms with Gasteiger partial charge in [0, 0.05) is 42.8 Å². The average molecular weight is 551 g/mol. The molecule has 5 rings (SSSR count). The zero-order valence-electron chi connectivity index (χ0n) is 22.5. The van der Waals surface area contributed by atoms with E-state index in [2.05, 4.69) is 41.1 Å². The molecule has 11 heteroatoms. The van der Waals surface area contributed by atoms with Crippen LogP contribution in [0.15, 0.2) is 78.9 Å². The first-order valence-electron chi connectivity index (χ1n) is 13.1. The van der Waals surface area contributed by atoms with Gasteiger partial charge < -0.3 is 30.9 Å². The van der Waals surface area contributed by atoms with Gasteiger partial charge in [0.05, 0.1) is 13.2 Å². The molecule has 1 aliphatic heterocycles. The summed E-state index contributed by atoms with van der Waals surface area (Å²) < 4.78 is 5.48. The molecule has 0 spiro atoms. The molecule has 3 amide bonds. The lowest BCUT2D eigenvalue weighted by Gasteiger charge is -2.27. The van der Waals surface area contributed by atoms with Crippen LogP contribution in [0.4, 0.5) is 33.8 Å². The first-order valence-corrected chi connectivity index (χ1v) is 13.1. The molecule has 3 aromatic carbocycles. The number of urea groups is 1. The summed E-state index contributed by atoms with van der Waals surface area (Å²) in [6, 6.07) is 23.4. The molecular weight excluding hydrogens is 520 g/mol. The summed E-state index contributed by atoms with van der Waals surface area (Å²) in [7, 11) is 1.57. The number of rotatable bonds is 8. The lowest BCUT2D eigenvalue weighted by Crippen LogP contribution is -2.37. The van der Waals surface area contributed by atoms with Crippen molar-refractivity contribution in [1.82, 2.24) is 20.3 Å². The Labute approximate surface area is 237 Å². The van der Waals surface area contributed by atoms with Gasteiger partial charge in [0.1, 0.15) is 0 Å². The zero-order valence-corrected chi connectivity index (χ0v) is 22.5. The van der Waals surface area contributed by atoms with E-state index in [-0.39, 0.29) is 5.91 Å². The Balaban J connectivity index is 1.25. The van der Waals surface area contributed by atoms with E-state index in [1.165, 1.54) is 0 Å². The standard InChI is InChI=1S/C30H30N8O3/c1-31-27(39)22-8-10-24(11-9-22)33-30(40)34-25-14-12-23(13-15-25)32-28-35-26(16-7-21-5-3-2-4-6-21)36-29(37-28)38-17-19-41-20-18-38/h2-16H,17-20H2,1H3,(H,31,39)(H2,33,34,40)(H,32,35,36,37)/b16-7+. The molecular formula is C30H30N8O3. The van der Waals surface area contributed by atoms with E-state index in [1.807, 2.05) is 54.6 Å². The minimum Gasteiger partial charge on any atom is -0.378 e. The molecule has 0 bridgehead atoms. The number of benzene rings is 3. The van der Waals surface area contributed by atoms with E-state index in [4.69, 9.17) is 4.74 Å². The minimum absolute atomic E-state index is 0.191. The number of aromatic nitrogens is 3. The number of nitrogens with zero attached hydrogens (tertiary/aromatic N) is 4. The number of amides is 3. The smallest absolute Gasteiger partial charge is 0.323 e. The van der Waals surface area contributed by atoms with Crippen LogP contribution in [-0.2, 0) is 4.74 Å². The highest BCUT2D eigenvalue weighted by Gasteiger charge is 2.16. The van der Waals surface area contributed by atoms with Crippen molar-refractivity contribution in [3.8, 4) is 0 Å². The van der Waals surface area contributed by atoms with Crippen molar-refractivity contribution in [3.05, 3.63) is 95.8 Å². The summed E-state index contributed by atoms with van der Waals surface area (Å²) in [6.45, 7) is 2.64. The largest absolute Gasteiger partial charge is 0.378 e. The van der Waals surface area contributed by atoms with Crippen LogP contribution in [0.5, 0.6) is 0 Å². The van der Waals surface area contributed by atoms with Gasteiger partial charge in [0.2, 0.25) is 11.9 Å². The van der Waals surface area contributed by atoms with Crippen molar-refractivity contribution >= 4 is 53.0 Å². The highest BCUT2D eigenvalue weighted by molar-refractivity contribution is 6.00. The third-order valence-corrected chi connectivity index (χ3v) is 6.19. The number of hydrogen-bond donors (Lipinski definition) is 4. The number of carbonyl (C=O) groups excluding carboxylic acids is 2. The molecule has 0 saturated carbocycles. The lowest BCUT2D eigenvalue weighted by molar-refractivity contribution is 0.0963. The van der Waals surface area contributed by atoms with E-state index in [0.717, 1.165) is 11.3 Å². The number of morpholine rings is 1. The summed E-state index contributed by atoms with van der Waals surface area (Å²) in [6.07, 6.45) is 3.83. The van der Waals surface area contributed by atoms with Crippen LogP contribution in [0.25, 0.3) is 12.2 Å². The molecule has 4 N–H and O–H groups in total. The molecule has 208 valence electrons. The van der Waals surface area contributed by atoms with Gasteiger partial charge in [-0.1, -0.05) is 36.4 Å². The summed E-state index contributed by atoms with van der Waals surface area (Å²) in [5.74, 6) is 1.33. The molecule has 0 atom stereocenters. The molecule has 0 unspecified atom stereocenters. The second kappa shape index (κ2) is 13.2. The van der Waals surface area contributed by atoms with Crippen LogP contribution in [-0.4, -0.2) is 60.2 Å². The summed E-state index contributed by atoms with van der Waals surface area (Å²) in [4.78, 5) is 40.1. The second-order valence-corrected chi connectivity index (χ2v) is 9.10. The fraction of sp³-hybridized carbons (Fsp3) is 0.167. The maximum Gasteiger partial charge on any atom is 0.323 e. The Bertz CT molecular complexity index is 1500. The van der Waals surface area contributed by atoms with E-state index < -0.39 is 6.03 Å². The maximum atomic E-state index is 12.5. The zero-order chi connectivity index (χ0) is 28.4. The number of carbonyl (C=O) groups is 2. The summed E-state index contributed by atoms with van der Waals surface area (Å²) in [5, 5.41) is 11.4. The van der Waals surface area contributed by atoms with E-state index in [1.54, 1.807) is 43.4 Å². The lowest BCUT2D eigenvalue weighted by atomic mass is 10.2. The molecule has 4 aromatic rings. The quantitative estimate of drug-likeness (QED) is 0.250. The minimum atomic E-state index is -0.402. The van der Waals surface area contributed by atoms with Gasteiger partial charge in [-0.05, 0) is 60.2 Å². The molecule has 41 heavy (non-hydrogen) atoms. The molecule has 1 aliphatic rings. The van der Waals surface area contributed by atoms with Crippen molar-refractivity contribution < 1.29 is 14.3 Å². The predicted molar refractivity (Wildman–Crippen MR) is 160 cm³/mol. The van der Waals surface area contributed by atoms with Crippen LogP contribution >= 0.6 is 0 Å². The van der Waals surface area contributed by atoms with Crippen LogP contribution in [0, 0.1) is 0 Å². The normalized spacial score (nSPS) is 13.0. The van der Waals surface area contributed by atoms with Gasteiger partial charge in [-0.2, -0.15) is 15.0 Å². The van der Waals surface area contributed by atoms with E-state index in [0.29, 0.717) is 61.0 Å². The van der Waals surface area contributed by atoms with Crippen molar-refractivity contribution in [2.45, 2.75) is 0 Å². The highest BCUT2D eigenvalue weighted by Crippen LogP contribution is 2.20. The Hall–Kier alpha value is -5.29. The summed E-state index contributed by atoms with van der Waals surface area (Å²) in [5.41, 5.74) is 3.47. The SMILES string of the molecule is CNC(=O)c1ccc(NC(=O)Nc2ccc(Nc3nc(/C=C/c4ccccc4)nc(N4CCOCC4)n3)cc2)cc1. The molecule has 1 saturated heterocycles. The van der Waals surface area contributed by atoms with Crippen LogP contribution in [0.2, 0.25) is 0 Å². The van der Waals surface area contributed by atoms with E-state index in [9.17, 15) is 9.59 Å². The van der Waals surface area contributed by atoms with Crippen molar-refractivity contribution in [3.63, 3.8) is 0 Å². The molecule has 0 radical (unpaired) electrons. The number of hydrogen-bond acceptors (Lipinski definition) is 8. The predicted octanol–water partition coefficient (Wildman–Crippen LogP) is 4.63. The highest BCUT2D eigenvalue weighted by atomic mass is 16.5. The van der Waals surface area contributed by atoms with Crippen LogP contribution in [0.3, 0.4) is 0 Å². The fourth-order valence-corrected chi connectivity index (χ4v) is 4.06. The van der Waals surface area contributed by atoms with Gasteiger partial charge in [0.25, 0.3) is 5.91 Å². The molecule has 1 aromatic heterocycles. The van der Waals surface area contributed by atoms with Crippen molar-refractivity contribution in [2.75, 3.05) is 54.2 Å². The summed E-state index contributed by atoms with van der Waals surface area (Å²) >= 11 is 0. The average Bonchev–Trinajstić information content (AvgIpc) is 3.02. The van der Waals surface area contributed by atoms with Crippen LogP contribution in [0.1, 0.15) is 21.7 Å². The molecule has 0 aliphatic carbocycles. The van der Waals surface area contributed by atoms with Crippen LogP contribution < -0.4 is 26.2 Å². The van der Waals surface area contributed by atoms with Gasteiger partial charge >= 0.3 is 6.03 Å². The van der Waals surface area contributed by atoms with Gasteiger partial charge in [-0.3, -0.25) is 4.79 Å². The third kappa shape index (κ3) is 7.64. The molecule has 11 nitrogen and oxygen atoms in total. The van der Waals surface area contributed by atoms with Gasteiger partial charge in [-0.25, -0.2) is 4.79 Å². The Morgan fingerprint density at radius 1 is 0.780 bits per heavy atom. The van der Waals surface area contributed by atoms with Crippen molar-refractivity contribution in [1.29, 1.82) is 0 Å². The van der Waals surface area contributed by atoms with Crippen molar-refractivity contribution in [2.24, 2.45) is 0 Å².